The molecule has 0 N–H and O–H groups in total. The van der Waals surface area contributed by atoms with Crippen LogP contribution in [0.25, 0.3) is 0 Å². The molecule has 1 aliphatic rings. The van der Waals surface area contributed by atoms with Crippen molar-refractivity contribution < 1.29 is 0 Å². The summed E-state index contributed by atoms with van der Waals surface area (Å²) in [6.45, 7) is 6.95. The number of hydrogen-bond acceptors (Lipinski definition) is 3. The number of hydrogen-bond donors (Lipinski definition) is 0. The van der Waals surface area contributed by atoms with Crippen molar-refractivity contribution >= 4 is 35.3 Å². The van der Waals surface area contributed by atoms with Gasteiger partial charge in [-0.3, -0.25) is 0 Å². The average Bonchev–Trinajstić information content (AvgIpc) is 2.40. The van der Waals surface area contributed by atoms with Gasteiger partial charge in [0.1, 0.15) is 0 Å². The van der Waals surface area contributed by atoms with E-state index in [9.17, 15) is 0 Å². The molecule has 0 aromatic heterocycles. The van der Waals surface area contributed by atoms with E-state index in [4.69, 9.17) is 0 Å². The van der Waals surface area contributed by atoms with Gasteiger partial charge >= 0.3 is 0 Å². The molecule has 18 heavy (non-hydrogen) atoms. The summed E-state index contributed by atoms with van der Waals surface area (Å²) in [6, 6.07) is 0. The normalized spacial score (nSPS) is 28.5. The Labute approximate surface area is 127 Å². The monoisotopic (exact) mass is 306 g/mol. The first kappa shape index (κ1) is 17.1. The molecule has 0 nitrogen and oxygen atoms in total. The first-order valence-corrected chi connectivity index (χ1v) is 10.6. The first-order chi connectivity index (χ1) is 8.80. The summed E-state index contributed by atoms with van der Waals surface area (Å²) in [6.07, 6.45) is 12.6. The molecular weight excluding hydrogens is 276 g/mol. The summed E-state index contributed by atoms with van der Waals surface area (Å²) < 4.78 is 2.65. The van der Waals surface area contributed by atoms with Crippen LogP contribution in [0.1, 0.15) is 78.6 Å². The molecule has 1 saturated heterocycles. The van der Waals surface area contributed by atoms with E-state index in [-0.39, 0.29) is 0 Å². The molecule has 0 spiro atoms. The van der Waals surface area contributed by atoms with Crippen LogP contribution in [0.4, 0.5) is 0 Å². The molecule has 0 aromatic carbocycles. The second-order valence-corrected chi connectivity index (χ2v) is 10.2. The van der Waals surface area contributed by atoms with E-state index < -0.39 is 0 Å². The van der Waals surface area contributed by atoms with Gasteiger partial charge in [-0.25, -0.2) is 0 Å². The summed E-state index contributed by atoms with van der Waals surface area (Å²) in [5, 5.41) is 0. The van der Waals surface area contributed by atoms with Crippen molar-refractivity contribution in [1.82, 2.24) is 0 Å². The Kier molecular flexibility index (Phi) is 10.3. The summed E-state index contributed by atoms with van der Waals surface area (Å²) >= 11 is 6.82. The highest BCUT2D eigenvalue weighted by Gasteiger charge is 2.29. The molecule has 1 rings (SSSR count). The van der Waals surface area contributed by atoms with Gasteiger partial charge in [-0.05, 0) is 19.3 Å². The highest BCUT2D eigenvalue weighted by atomic mass is 32.3. The molecule has 0 saturated carbocycles. The third kappa shape index (κ3) is 7.00. The molecule has 1 aliphatic heterocycles. The van der Waals surface area contributed by atoms with Gasteiger partial charge in [0, 0.05) is 0 Å². The van der Waals surface area contributed by atoms with Gasteiger partial charge in [0.15, 0.2) is 0 Å². The van der Waals surface area contributed by atoms with Gasteiger partial charge in [0.2, 0.25) is 0 Å². The van der Waals surface area contributed by atoms with Crippen molar-refractivity contribution in [3.8, 4) is 0 Å². The smallest absolute Gasteiger partial charge is 0.0524 e. The standard InChI is InChI=1S/C15H30S3/c1-4-7-10-13-16-14(11-8-5-2)18-15(17-13)12-9-6-3/h13-15H,4-12H2,1-3H3. The fourth-order valence-electron chi connectivity index (χ4n) is 2.12. The summed E-state index contributed by atoms with van der Waals surface area (Å²) in [7, 11) is 0. The number of thioether (sulfide) groups is 3. The lowest BCUT2D eigenvalue weighted by molar-refractivity contribution is 0.734. The third-order valence-corrected chi connectivity index (χ3v) is 8.53. The minimum Gasteiger partial charge on any atom is -0.133 e. The molecule has 1 fully saturated rings. The zero-order valence-corrected chi connectivity index (χ0v) is 14.8. The van der Waals surface area contributed by atoms with Gasteiger partial charge < -0.3 is 0 Å². The lowest BCUT2D eigenvalue weighted by Crippen LogP contribution is -2.18. The van der Waals surface area contributed by atoms with E-state index in [0.29, 0.717) is 0 Å². The molecule has 0 aromatic rings. The van der Waals surface area contributed by atoms with Crippen LogP contribution in [0, 0.1) is 0 Å². The van der Waals surface area contributed by atoms with E-state index in [2.05, 4.69) is 56.1 Å². The maximum Gasteiger partial charge on any atom is 0.0524 e. The predicted octanol–water partition coefficient (Wildman–Crippen LogP) is 6.75. The Bertz CT molecular complexity index is 157. The Balaban J connectivity index is 2.38. The lowest BCUT2D eigenvalue weighted by atomic mass is 10.3. The fourth-order valence-corrected chi connectivity index (χ4v) is 8.77. The summed E-state index contributed by atoms with van der Waals surface area (Å²) in [5.74, 6) is 0. The largest absolute Gasteiger partial charge is 0.133 e. The van der Waals surface area contributed by atoms with E-state index in [1.807, 2.05) is 0 Å². The lowest BCUT2D eigenvalue weighted by Gasteiger charge is -2.34. The topological polar surface area (TPSA) is 0 Å². The molecule has 0 atom stereocenters. The third-order valence-electron chi connectivity index (χ3n) is 3.29. The van der Waals surface area contributed by atoms with Crippen LogP contribution in [0.5, 0.6) is 0 Å². The molecule has 0 amide bonds. The molecule has 108 valence electrons. The van der Waals surface area contributed by atoms with Crippen molar-refractivity contribution in [3.63, 3.8) is 0 Å². The Morgan fingerprint density at radius 2 is 0.833 bits per heavy atom. The van der Waals surface area contributed by atoms with Crippen LogP contribution in [-0.4, -0.2) is 13.7 Å². The quantitative estimate of drug-likeness (QED) is 0.462. The summed E-state index contributed by atoms with van der Waals surface area (Å²) in [4.78, 5) is 0. The van der Waals surface area contributed by atoms with E-state index in [1.165, 1.54) is 57.8 Å². The van der Waals surface area contributed by atoms with Gasteiger partial charge in [-0.2, -0.15) is 0 Å². The maximum atomic E-state index is 2.32. The van der Waals surface area contributed by atoms with Gasteiger partial charge in [-0.15, -0.1) is 35.3 Å². The Hall–Kier alpha value is 1.05. The van der Waals surface area contributed by atoms with Crippen LogP contribution < -0.4 is 0 Å². The highest BCUT2D eigenvalue weighted by Crippen LogP contribution is 2.51. The molecule has 1 heterocycles. The van der Waals surface area contributed by atoms with Crippen molar-refractivity contribution in [3.05, 3.63) is 0 Å². The zero-order valence-electron chi connectivity index (χ0n) is 12.3. The summed E-state index contributed by atoms with van der Waals surface area (Å²) in [5.41, 5.74) is 0. The minimum atomic E-state index is 0.884. The van der Waals surface area contributed by atoms with E-state index in [0.717, 1.165) is 13.7 Å². The molecular formula is C15H30S3. The molecule has 0 unspecified atom stereocenters. The highest BCUT2D eigenvalue weighted by molar-refractivity contribution is 8.33. The molecule has 3 heteroatoms. The first-order valence-electron chi connectivity index (χ1n) is 7.76. The van der Waals surface area contributed by atoms with Crippen molar-refractivity contribution in [2.75, 3.05) is 0 Å². The number of rotatable bonds is 9. The minimum absolute atomic E-state index is 0.884. The van der Waals surface area contributed by atoms with Gasteiger partial charge in [0.05, 0.1) is 13.7 Å². The predicted molar refractivity (Wildman–Crippen MR) is 92.7 cm³/mol. The van der Waals surface area contributed by atoms with E-state index in [1.54, 1.807) is 0 Å². The van der Waals surface area contributed by atoms with Crippen molar-refractivity contribution in [2.45, 2.75) is 92.3 Å². The van der Waals surface area contributed by atoms with Crippen LogP contribution in [0.3, 0.4) is 0 Å². The Morgan fingerprint density at radius 3 is 1.06 bits per heavy atom. The van der Waals surface area contributed by atoms with Gasteiger partial charge in [-0.1, -0.05) is 59.3 Å². The molecule has 0 bridgehead atoms. The Morgan fingerprint density at radius 1 is 0.556 bits per heavy atom. The SMILES string of the molecule is CCCCC1SC(CCCC)SC(CCCC)S1. The second-order valence-electron chi connectivity index (χ2n) is 5.12. The van der Waals surface area contributed by atoms with Crippen molar-refractivity contribution in [1.29, 1.82) is 0 Å². The molecule has 0 radical (unpaired) electrons. The van der Waals surface area contributed by atoms with Crippen molar-refractivity contribution in [2.24, 2.45) is 0 Å². The van der Waals surface area contributed by atoms with E-state index >= 15 is 0 Å². The maximum absolute atomic E-state index is 2.32. The molecule has 0 aliphatic carbocycles. The van der Waals surface area contributed by atoms with Crippen LogP contribution in [0.15, 0.2) is 0 Å². The van der Waals surface area contributed by atoms with Gasteiger partial charge in [0.25, 0.3) is 0 Å². The number of unbranched alkanes of at least 4 members (excludes halogenated alkanes) is 3. The van der Waals surface area contributed by atoms with Crippen LogP contribution in [-0.2, 0) is 0 Å². The van der Waals surface area contributed by atoms with Crippen LogP contribution >= 0.6 is 35.3 Å². The zero-order chi connectivity index (χ0) is 13.2. The second kappa shape index (κ2) is 10.8. The average molecular weight is 307 g/mol. The fraction of sp³-hybridized carbons (Fsp3) is 1.00. The van der Waals surface area contributed by atoms with Crippen LogP contribution in [0.2, 0.25) is 0 Å².